The van der Waals surface area contributed by atoms with Crippen molar-refractivity contribution >= 4 is 11.3 Å². The van der Waals surface area contributed by atoms with Crippen molar-refractivity contribution in [2.75, 3.05) is 13.2 Å². The molecule has 0 saturated carbocycles. The Bertz CT molecular complexity index is 584. The van der Waals surface area contributed by atoms with E-state index in [0.717, 1.165) is 38.4 Å². The smallest absolute Gasteiger partial charge is 0.307 e. The summed E-state index contributed by atoms with van der Waals surface area (Å²) in [6.07, 6.45) is 3.84. The van der Waals surface area contributed by atoms with Crippen molar-refractivity contribution in [3.63, 3.8) is 0 Å². The van der Waals surface area contributed by atoms with E-state index in [0.29, 0.717) is 12.5 Å². The number of hydrogen-bond acceptors (Lipinski definition) is 6. The maximum atomic E-state index is 11.5. The zero-order valence-electron chi connectivity index (χ0n) is 10.4. The molecule has 8 heteroatoms. The minimum atomic E-state index is 0.0145. The summed E-state index contributed by atoms with van der Waals surface area (Å²) < 4.78 is 8.77. The molecule has 3 rings (SSSR count). The first-order valence-corrected chi connectivity index (χ1v) is 7.17. The summed E-state index contributed by atoms with van der Waals surface area (Å²) in [7, 11) is 0. The van der Waals surface area contributed by atoms with Crippen molar-refractivity contribution in [3.8, 4) is 0 Å². The van der Waals surface area contributed by atoms with Gasteiger partial charge in [0.15, 0.2) is 5.82 Å². The maximum absolute atomic E-state index is 11.5. The molecule has 2 aromatic heterocycles. The van der Waals surface area contributed by atoms with Crippen molar-refractivity contribution in [2.24, 2.45) is 5.92 Å². The van der Waals surface area contributed by atoms with Crippen LogP contribution in [0.25, 0.3) is 0 Å². The molecule has 102 valence electrons. The molecule has 1 fully saturated rings. The van der Waals surface area contributed by atoms with Gasteiger partial charge in [-0.05, 0) is 29.2 Å². The highest BCUT2D eigenvalue weighted by molar-refractivity contribution is 7.07. The van der Waals surface area contributed by atoms with Gasteiger partial charge in [-0.15, -0.1) is 5.10 Å². The van der Waals surface area contributed by atoms with Crippen LogP contribution in [-0.4, -0.2) is 38.0 Å². The zero-order chi connectivity index (χ0) is 13.1. The minimum Gasteiger partial charge on any atom is -0.381 e. The number of ether oxygens (including phenoxy) is 1. The molecular formula is C11H15N5O2S. The molecule has 0 atom stereocenters. The third kappa shape index (κ3) is 2.90. The summed E-state index contributed by atoms with van der Waals surface area (Å²) in [5, 5.41) is 13.5. The first kappa shape index (κ1) is 12.5. The van der Waals surface area contributed by atoms with E-state index in [-0.39, 0.29) is 4.87 Å². The lowest BCUT2D eigenvalue weighted by molar-refractivity contribution is 0.0596. The predicted octanol–water partition coefficient (Wildman–Crippen LogP) is 0.371. The maximum Gasteiger partial charge on any atom is 0.307 e. The lowest BCUT2D eigenvalue weighted by Crippen LogP contribution is -2.23. The lowest BCUT2D eigenvalue weighted by Gasteiger charge is -2.21. The van der Waals surface area contributed by atoms with Crippen LogP contribution in [-0.2, 0) is 17.8 Å². The van der Waals surface area contributed by atoms with Gasteiger partial charge < -0.3 is 4.74 Å². The fraction of sp³-hybridized carbons (Fsp3) is 0.636. The van der Waals surface area contributed by atoms with Gasteiger partial charge in [-0.1, -0.05) is 11.3 Å². The van der Waals surface area contributed by atoms with E-state index in [4.69, 9.17) is 4.74 Å². The Morgan fingerprint density at radius 1 is 1.42 bits per heavy atom. The zero-order valence-corrected chi connectivity index (χ0v) is 11.3. The Hall–Kier alpha value is -1.54. The van der Waals surface area contributed by atoms with Crippen molar-refractivity contribution in [1.82, 2.24) is 24.8 Å². The van der Waals surface area contributed by atoms with Crippen LogP contribution in [0.1, 0.15) is 18.7 Å². The molecule has 0 aliphatic carbocycles. The van der Waals surface area contributed by atoms with Crippen LogP contribution < -0.4 is 4.87 Å². The van der Waals surface area contributed by atoms with E-state index < -0.39 is 0 Å². The van der Waals surface area contributed by atoms with Gasteiger partial charge in [-0.25, -0.2) is 4.68 Å². The fourth-order valence-corrected chi connectivity index (χ4v) is 2.80. The van der Waals surface area contributed by atoms with Crippen LogP contribution in [0.4, 0.5) is 0 Å². The molecular weight excluding hydrogens is 266 g/mol. The van der Waals surface area contributed by atoms with Crippen molar-refractivity contribution in [1.29, 1.82) is 0 Å². The summed E-state index contributed by atoms with van der Waals surface area (Å²) in [6, 6.07) is 0. The molecule has 2 aromatic rings. The van der Waals surface area contributed by atoms with Crippen LogP contribution in [0, 0.1) is 5.92 Å². The molecule has 1 saturated heterocycles. The van der Waals surface area contributed by atoms with Gasteiger partial charge in [-0.2, -0.15) is 0 Å². The largest absolute Gasteiger partial charge is 0.381 e. The third-order valence-electron chi connectivity index (χ3n) is 3.33. The molecule has 0 bridgehead atoms. The quantitative estimate of drug-likeness (QED) is 0.809. The topological polar surface area (TPSA) is 74.8 Å². The van der Waals surface area contributed by atoms with Gasteiger partial charge in [0.1, 0.15) is 0 Å². The average Bonchev–Trinajstić information content (AvgIpc) is 3.02. The summed E-state index contributed by atoms with van der Waals surface area (Å²) in [4.78, 5) is 11.5. The third-order valence-corrected chi connectivity index (χ3v) is 4.03. The molecule has 0 radical (unpaired) electrons. The van der Waals surface area contributed by atoms with E-state index in [1.165, 1.54) is 11.3 Å². The SMILES string of the molecule is O=c1sccn1Cc1nnnn1CC1CCOCC1. The molecule has 0 N–H and O–H groups in total. The van der Waals surface area contributed by atoms with E-state index in [1.807, 2.05) is 0 Å². The molecule has 0 amide bonds. The van der Waals surface area contributed by atoms with Gasteiger partial charge in [0.2, 0.25) is 0 Å². The van der Waals surface area contributed by atoms with E-state index in [9.17, 15) is 4.79 Å². The van der Waals surface area contributed by atoms with Crippen LogP contribution >= 0.6 is 11.3 Å². The number of tetrazole rings is 1. The van der Waals surface area contributed by atoms with Gasteiger partial charge in [0, 0.05) is 31.3 Å². The summed E-state index contributed by atoms with van der Waals surface area (Å²) >= 11 is 1.18. The molecule has 3 heterocycles. The van der Waals surface area contributed by atoms with Gasteiger partial charge >= 0.3 is 4.87 Å². The molecule has 0 spiro atoms. The highest BCUT2D eigenvalue weighted by Gasteiger charge is 2.17. The van der Waals surface area contributed by atoms with Crippen LogP contribution in [0.15, 0.2) is 16.4 Å². The molecule has 7 nitrogen and oxygen atoms in total. The van der Waals surface area contributed by atoms with Crippen LogP contribution in [0.2, 0.25) is 0 Å². The highest BCUT2D eigenvalue weighted by Crippen LogP contribution is 2.16. The highest BCUT2D eigenvalue weighted by atomic mass is 32.1. The van der Waals surface area contributed by atoms with Gasteiger partial charge in [0.25, 0.3) is 0 Å². The number of aromatic nitrogens is 5. The summed E-state index contributed by atoms with van der Waals surface area (Å²) in [6.45, 7) is 2.85. The van der Waals surface area contributed by atoms with E-state index in [2.05, 4.69) is 15.5 Å². The normalized spacial score (nSPS) is 16.8. The molecule has 1 aliphatic rings. The standard InChI is InChI=1S/C11H15N5O2S/c17-11-15(3-6-19-11)8-10-12-13-14-16(10)7-9-1-4-18-5-2-9/h3,6,9H,1-2,4-5,7-8H2. The first-order chi connectivity index (χ1) is 9.33. The Morgan fingerprint density at radius 3 is 3.00 bits per heavy atom. The van der Waals surface area contributed by atoms with Gasteiger partial charge in [0.05, 0.1) is 6.54 Å². The second-order valence-corrected chi connectivity index (χ2v) is 5.49. The van der Waals surface area contributed by atoms with Crippen molar-refractivity contribution < 1.29 is 4.74 Å². The Morgan fingerprint density at radius 2 is 2.26 bits per heavy atom. The number of thiazole rings is 1. The van der Waals surface area contributed by atoms with Crippen LogP contribution in [0.3, 0.4) is 0 Å². The monoisotopic (exact) mass is 281 g/mol. The second-order valence-electron chi connectivity index (χ2n) is 4.63. The van der Waals surface area contributed by atoms with Crippen molar-refractivity contribution in [2.45, 2.75) is 25.9 Å². The van der Waals surface area contributed by atoms with Gasteiger partial charge in [-0.3, -0.25) is 9.36 Å². The fourth-order valence-electron chi connectivity index (χ4n) is 2.21. The van der Waals surface area contributed by atoms with E-state index >= 15 is 0 Å². The molecule has 19 heavy (non-hydrogen) atoms. The van der Waals surface area contributed by atoms with Crippen molar-refractivity contribution in [3.05, 3.63) is 27.1 Å². The minimum absolute atomic E-state index is 0.0145. The Balaban J connectivity index is 1.71. The number of rotatable bonds is 4. The summed E-state index contributed by atoms with van der Waals surface area (Å²) in [5.41, 5.74) is 0. The first-order valence-electron chi connectivity index (χ1n) is 6.29. The number of hydrogen-bond donors (Lipinski definition) is 0. The summed E-state index contributed by atoms with van der Waals surface area (Å²) in [5.74, 6) is 1.28. The number of nitrogens with zero attached hydrogens (tertiary/aromatic N) is 5. The molecule has 1 aliphatic heterocycles. The average molecular weight is 281 g/mol. The van der Waals surface area contributed by atoms with E-state index in [1.54, 1.807) is 20.8 Å². The molecule has 0 unspecified atom stereocenters. The second kappa shape index (κ2) is 5.62. The lowest BCUT2D eigenvalue weighted by atomic mass is 10.0. The Labute approximate surface area is 113 Å². The predicted molar refractivity (Wildman–Crippen MR) is 69.0 cm³/mol. The Kier molecular flexibility index (Phi) is 3.69. The molecule has 0 aromatic carbocycles. The van der Waals surface area contributed by atoms with Crippen LogP contribution in [0.5, 0.6) is 0 Å².